The molecule has 0 saturated heterocycles. The average molecular weight is 291 g/mol. The standard InChI is InChI=1S/C13H13N3O3S/c1-8-10(6-15-16-8)5-14-13(19)9-4-11(20-7-9)2-3-12(17)18/h2-4,6-7H,5H2,1H3,(H,14,19)(H,15,16)(H,17,18). The Kier molecular flexibility index (Phi) is 4.31. The van der Waals surface area contributed by atoms with Crippen molar-refractivity contribution in [3.05, 3.63) is 45.4 Å². The van der Waals surface area contributed by atoms with Gasteiger partial charge in [0.1, 0.15) is 0 Å². The molecule has 0 saturated carbocycles. The first-order valence-corrected chi connectivity index (χ1v) is 6.71. The predicted molar refractivity (Wildman–Crippen MR) is 75.5 cm³/mol. The Morgan fingerprint density at radius 2 is 2.35 bits per heavy atom. The van der Waals surface area contributed by atoms with Crippen molar-refractivity contribution in [2.45, 2.75) is 13.5 Å². The number of H-pyrrole nitrogens is 1. The van der Waals surface area contributed by atoms with E-state index in [0.29, 0.717) is 12.1 Å². The lowest BCUT2D eigenvalue weighted by atomic mass is 10.2. The zero-order valence-electron chi connectivity index (χ0n) is 10.7. The van der Waals surface area contributed by atoms with Crippen molar-refractivity contribution >= 4 is 29.3 Å². The highest BCUT2D eigenvalue weighted by Gasteiger charge is 2.09. The normalized spacial score (nSPS) is 10.8. The molecule has 3 N–H and O–H groups in total. The summed E-state index contributed by atoms with van der Waals surface area (Å²) in [7, 11) is 0. The SMILES string of the molecule is Cc1[nH]ncc1CNC(=O)c1csc(C=CC(=O)O)c1. The summed E-state index contributed by atoms with van der Waals surface area (Å²) in [6.07, 6.45) is 4.18. The van der Waals surface area contributed by atoms with E-state index in [0.717, 1.165) is 22.2 Å². The molecule has 2 aromatic heterocycles. The molecule has 0 spiro atoms. The second-order valence-corrected chi connectivity index (χ2v) is 5.06. The van der Waals surface area contributed by atoms with E-state index >= 15 is 0 Å². The number of nitrogens with one attached hydrogen (secondary N) is 2. The molecule has 2 heterocycles. The number of aromatic nitrogens is 2. The second-order valence-electron chi connectivity index (χ2n) is 4.11. The third kappa shape index (κ3) is 3.55. The minimum absolute atomic E-state index is 0.197. The zero-order valence-corrected chi connectivity index (χ0v) is 11.5. The Morgan fingerprint density at radius 1 is 1.55 bits per heavy atom. The van der Waals surface area contributed by atoms with Gasteiger partial charge in [-0.1, -0.05) is 0 Å². The molecule has 0 aliphatic heterocycles. The van der Waals surface area contributed by atoms with Gasteiger partial charge in [0.05, 0.1) is 11.8 Å². The molecule has 2 rings (SSSR count). The van der Waals surface area contributed by atoms with Gasteiger partial charge in [-0.3, -0.25) is 9.89 Å². The summed E-state index contributed by atoms with van der Waals surface area (Å²) in [5.41, 5.74) is 2.36. The predicted octanol–water partition coefficient (Wildman–Crippen LogP) is 1.81. The fourth-order valence-electron chi connectivity index (χ4n) is 1.54. The van der Waals surface area contributed by atoms with Crippen LogP contribution in [-0.2, 0) is 11.3 Å². The van der Waals surface area contributed by atoms with Crippen molar-refractivity contribution in [3.8, 4) is 0 Å². The molecule has 20 heavy (non-hydrogen) atoms. The van der Waals surface area contributed by atoms with E-state index in [1.807, 2.05) is 6.92 Å². The first-order chi connectivity index (χ1) is 9.56. The number of nitrogens with zero attached hydrogens (tertiary/aromatic N) is 1. The molecule has 0 radical (unpaired) electrons. The van der Waals surface area contributed by atoms with Crippen molar-refractivity contribution in [1.82, 2.24) is 15.5 Å². The van der Waals surface area contributed by atoms with Gasteiger partial charge >= 0.3 is 5.97 Å². The van der Waals surface area contributed by atoms with Crippen molar-refractivity contribution < 1.29 is 14.7 Å². The number of rotatable bonds is 5. The van der Waals surface area contributed by atoms with Gasteiger partial charge in [-0.15, -0.1) is 11.3 Å². The number of carboxylic acid groups (broad SMARTS) is 1. The van der Waals surface area contributed by atoms with Crippen LogP contribution in [0.15, 0.2) is 23.7 Å². The van der Waals surface area contributed by atoms with Gasteiger partial charge in [-0.05, 0) is 19.1 Å². The van der Waals surface area contributed by atoms with Crippen LogP contribution in [0.3, 0.4) is 0 Å². The zero-order chi connectivity index (χ0) is 14.5. The van der Waals surface area contributed by atoms with E-state index in [9.17, 15) is 9.59 Å². The smallest absolute Gasteiger partial charge is 0.328 e. The molecule has 0 unspecified atom stereocenters. The topological polar surface area (TPSA) is 95.1 Å². The Balaban J connectivity index is 1.96. The highest BCUT2D eigenvalue weighted by Crippen LogP contribution is 2.16. The number of carbonyl (C=O) groups is 2. The van der Waals surface area contributed by atoms with Crippen LogP contribution < -0.4 is 5.32 Å². The second kappa shape index (κ2) is 6.16. The van der Waals surface area contributed by atoms with Crippen molar-refractivity contribution in [1.29, 1.82) is 0 Å². The molecular formula is C13H13N3O3S. The van der Waals surface area contributed by atoms with Crippen LogP contribution in [0.25, 0.3) is 6.08 Å². The van der Waals surface area contributed by atoms with Gasteiger partial charge in [0, 0.05) is 34.1 Å². The maximum Gasteiger partial charge on any atom is 0.328 e. The third-order valence-electron chi connectivity index (χ3n) is 2.65. The van der Waals surface area contributed by atoms with E-state index in [-0.39, 0.29) is 5.91 Å². The van der Waals surface area contributed by atoms with Crippen molar-refractivity contribution in [2.24, 2.45) is 0 Å². The van der Waals surface area contributed by atoms with Crippen LogP contribution in [0, 0.1) is 6.92 Å². The lowest BCUT2D eigenvalue weighted by molar-refractivity contribution is -0.131. The van der Waals surface area contributed by atoms with Gasteiger partial charge in [0.15, 0.2) is 0 Å². The van der Waals surface area contributed by atoms with E-state index in [1.165, 1.54) is 17.4 Å². The van der Waals surface area contributed by atoms with Crippen LogP contribution >= 0.6 is 11.3 Å². The number of thiophene rings is 1. The molecule has 0 fully saturated rings. The summed E-state index contributed by atoms with van der Waals surface area (Å²) in [4.78, 5) is 23.1. The van der Waals surface area contributed by atoms with E-state index in [2.05, 4.69) is 15.5 Å². The number of aromatic amines is 1. The van der Waals surface area contributed by atoms with E-state index in [4.69, 9.17) is 5.11 Å². The minimum Gasteiger partial charge on any atom is -0.478 e. The molecular weight excluding hydrogens is 278 g/mol. The third-order valence-corrected chi connectivity index (χ3v) is 3.54. The quantitative estimate of drug-likeness (QED) is 0.732. The molecule has 104 valence electrons. The Labute approximate surface area is 119 Å². The average Bonchev–Trinajstić information content (AvgIpc) is 3.02. The van der Waals surface area contributed by atoms with E-state index < -0.39 is 5.97 Å². The molecule has 2 aromatic rings. The Morgan fingerprint density at radius 3 is 3.00 bits per heavy atom. The van der Waals surface area contributed by atoms with Gasteiger partial charge in [-0.2, -0.15) is 5.10 Å². The number of hydrogen-bond acceptors (Lipinski definition) is 4. The maximum atomic E-state index is 11.9. The summed E-state index contributed by atoms with van der Waals surface area (Å²) < 4.78 is 0. The highest BCUT2D eigenvalue weighted by molar-refractivity contribution is 7.11. The van der Waals surface area contributed by atoms with Gasteiger partial charge < -0.3 is 10.4 Å². The molecule has 6 nitrogen and oxygen atoms in total. The summed E-state index contributed by atoms with van der Waals surface area (Å²) >= 11 is 1.32. The van der Waals surface area contributed by atoms with Crippen molar-refractivity contribution in [3.63, 3.8) is 0 Å². The molecule has 1 amide bonds. The monoisotopic (exact) mass is 291 g/mol. The number of carbonyl (C=O) groups excluding carboxylic acids is 1. The summed E-state index contributed by atoms with van der Waals surface area (Å²) in [5.74, 6) is -1.21. The van der Waals surface area contributed by atoms with Crippen LogP contribution in [-0.4, -0.2) is 27.2 Å². The number of carboxylic acids is 1. The van der Waals surface area contributed by atoms with Crippen LogP contribution in [0.4, 0.5) is 0 Å². The first kappa shape index (κ1) is 14.0. The molecule has 0 atom stereocenters. The molecule has 0 aliphatic rings. The fourth-order valence-corrected chi connectivity index (χ4v) is 2.32. The van der Waals surface area contributed by atoms with Crippen LogP contribution in [0.2, 0.25) is 0 Å². The Bertz CT molecular complexity index is 657. The molecule has 0 aliphatic carbocycles. The van der Waals surface area contributed by atoms with Crippen molar-refractivity contribution in [2.75, 3.05) is 0 Å². The first-order valence-electron chi connectivity index (χ1n) is 5.83. The molecule has 0 aromatic carbocycles. The van der Waals surface area contributed by atoms with Gasteiger partial charge in [-0.25, -0.2) is 4.79 Å². The number of aliphatic carboxylic acids is 1. The molecule has 0 bridgehead atoms. The lowest BCUT2D eigenvalue weighted by Gasteiger charge is -2.02. The van der Waals surface area contributed by atoms with Gasteiger partial charge in [0.25, 0.3) is 5.91 Å². The summed E-state index contributed by atoms with van der Waals surface area (Å²) in [6.45, 7) is 2.28. The van der Waals surface area contributed by atoms with Crippen LogP contribution in [0.5, 0.6) is 0 Å². The maximum absolute atomic E-state index is 11.9. The number of amides is 1. The van der Waals surface area contributed by atoms with Gasteiger partial charge in [0.2, 0.25) is 0 Å². The summed E-state index contributed by atoms with van der Waals surface area (Å²) in [6, 6.07) is 1.65. The summed E-state index contributed by atoms with van der Waals surface area (Å²) in [5, 5.41) is 19.7. The Hall–Kier alpha value is -2.41. The van der Waals surface area contributed by atoms with Crippen LogP contribution in [0.1, 0.15) is 26.5 Å². The number of aryl methyl sites for hydroxylation is 1. The van der Waals surface area contributed by atoms with E-state index in [1.54, 1.807) is 17.6 Å². The molecule has 7 heteroatoms. The lowest BCUT2D eigenvalue weighted by Crippen LogP contribution is -2.22. The minimum atomic E-state index is -1.01. The fraction of sp³-hybridized carbons (Fsp3) is 0.154. The number of hydrogen-bond donors (Lipinski definition) is 3. The highest BCUT2D eigenvalue weighted by atomic mass is 32.1. The largest absolute Gasteiger partial charge is 0.478 e.